The summed E-state index contributed by atoms with van der Waals surface area (Å²) in [5, 5.41) is 2.59. The van der Waals surface area contributed by atoms with Crippen molar-refractivity contribution in [3.05, 3.63) is 66.0 Å². The van der Waals surface area contributed by atoms with Crippen molar-refractivity contribution in [1.29, 1.82) is 0 Å². The molecule has 0 bridgehead atoms. The molecule has 1 unspecified atom stereocenters. The van der Waals surface area contributed by atoms with Crippen molar-refractivity contribution in [2.24, 2.45) is 0 Å². The molecular formula is C17H18N2O3. The predicted octanol–water partition coefficient (Wildman–Crippen LogP) is 2.51. The summed E-state index contributed by atoms with van der Waals surface area (Å²) in [5.74, 6) is 0. The largest absolute Gasteiger partial charge is 0.445 e. The number of alkyl carbamates (subject to hydrolysis) is 1. The molecular weight excluding hydrogens is 280 g/mol. The highest BCUT2D eigenvalue weighted by atomic mass is 16.5. The highest BCUT2D eigenvalue weighted by molar-refractivity contribution is 5.76. The maximum Gasteiger partial charge on any atom is 0.408 e. The van der Waals surface area contributed by atoms with Gasteiger partial charge in [0.05, 0.1) is 0 Å². The Labute approximate surface area is 129 Å². The van der Waals surface area contributed by atoms with Crippen molar-refractivity contribution in [3.8, 4) is 0 Å². The molecule has 0 radical (unpaired) electrons. The van der Waals surface area contributed by atoms with Gasteiger partial charge in [-0.3, -0.25) is 4.98 Å². The molecule has 114 valence electrons. The van der Waals surface area contributed by atoms with Crippen molar-refractivity contribution < 1.29 is 14.3 Å². The van der Waals surface area contributed by atoms with Crippen LogP contribution in [0, 0.1) is 0 Å². The molecule has 0 aliphatic heterocycles. The average molecular weight is 298 g/mol. The molecule has 2 rings (SSSR count). The molecule has 0 aliphatic carbocycles. The molecule has 0 saturated carbocycles. The summed E-state index contributed by atoms with van der Waals surface area (Å²) in [6.07, 6.45) is 2.02. The fourth-order valence-electron chi connectivity index (χ4n) is 1.99. The van der Waals surface area contributed by atoms with Crippen LogP contribution in [0.5, 0.6) is 0 Å². The molecule has 1 aromatic heterocycles. The molecule has 22 heavy (non-hydrogen) atoms. The first-order valence-corrected chi connectivity index (χ1v) is 6.96. The van der Waals surface area contributed by atoms with E-state index in [2.05, 4.69) is 10.3 Å². The van der Waals surface area contributed by atoms with Crippen molar-refractivity contribution in [3.63, 3.8) is 0 Å². The Morgan fingerprint density at radius 1 is 1.23 bits per heavy atom. The van der Waals surface area contributed by atoms with E-state index in [0.29, 0.717) is 12.7 Å². The normalized spacial score (nSPS) is 13.0. The summed E-state index contributed by atoms with van der Waals surface area (Å²) in [5.41, 5.74) is 0.554. The molecule has 0 aliphatic rings. The summed E-state index contributed by atoms with van der Waals surface area (Å²) in [6, 6.07) is 14.8. The Morgan fingerprint density at radius 3 is 2.59 bits per heavy atom. The number of rotatable bonds is 6. The molecule has 0 saturated heterocycles. The van der Waals surface area contributed by atoms with Gasteiger partial charge in [-0.05, 0) is 24.6 Å². The van der Waals surface area contributed by atoms with Crippen molar-refractivity contribution >= 4 is 12.4 Å². The summed E-state index contributed by atoms with van der Waals surface area (Å²) in [7, 11) is 0. The van der Waals surface area contributed by atoms with Crippen LogP contribution in [0.3, 0.4) is 0 Å². The van der Waals surface area contributed by atoms with E-state index in [4.69, 9.17) is 4.74 Å². The van der Waals surface area contributed by atoms with E-state index in [0.717, 1.165) is 11.3 Å². The number of pyridine rings is 1. The number of carbonyl (C=O) groups is 2. The van der Waals surface area contributed by atoms with Crippen molar-refractivity contribution in [2.75, 3.05) is 0 Å². The van der Waals surface area contributed by atoms with E-state index in [-0.39, 0.29) is 6.61 Å². The summed E-state index contributed by atoms with van der Waals surface area (Å²) in [4.78, 5) is 27.4. The monoisotopic (exact) mass is 298 g/mol. The fraction of sp³-hybridized carbons (Fsp3) is 0.235. The van der Waals surface area contributed by atoms with Crippen LogP contribution in [-0.4, -0.2) is 22.9 Å². The van der Waals surface area contributed by atoms with Gasteiger partial charge in [0.15, 0.2) is 0 Å². The van der Waals surface area contributed by atoms with Crippen LogP contribution in [0.1, 0.15) is 18.2 Å². The Balaban J connectivity index is 1.91. The number of nitrogens with zero attached hydrogens (tertiary/aromatic N) is 1. The summed E-state index contributed by atoms with van der Waals surface area (Å²) in [6.45, 7) is 1.80. The molecule has 0 fully saturated rings. The Morgan fingerprint density at radius 2 is 1.95 bits per heavy atom. The molecule has 1 N–H and O–H groups in total. The van der Waals surface area contributed by atoms with Gasteiger partial charge in [0.1, 0.15) is 18.4 Å². The minimum absolute atomic E-state index is 0.158. The van der Waals surface area contributed by atoms with E-state index in [1.807, 2.05) is 36.4 Å². The zero-order valence-electron chi connectivity index (χ0n) is 12.4. The highest BCUT2D eigenvalue weighted by Crippen LogP contribution is 2.10. The van der Waals surface area contributed by atoms with Crippen molar-refractivity contribution in [1.82, 2.24) is 10.3 Å². The second kappa shape index (κ2) is 7.36. The maximum atomic E-state index is 11.9. The molecule has 1 aromatic carbocycles. The fourth-order valence-corrected chi connectivity index (χ4v) is 1.99. The van der Waals surface area contributed by atoms with Crippen LogP contribution >= 0.6 is 0 Å². The minimum Gasteiger partial charge on any atom is -0.445 e. The second-order valence-electron chi connectivity index (χ2n) is 5.22. The lowest BCUT2D eigenvalue weighted by Crippen LogP contribution is -2.49. The van der Waals surface area contributed by atoms with Crippen LogP contribution in [0.2, 0.25) is 0 Å². The van der Waals surface area contributed by atoms with Gasteiger partial charge in [0, 0.05) is 18.3 Å². The number of nitrogens with one attached hydrogen (secondary N) is 1. The van der Waals surface area contributed by atoms with Gasteiger partial charge >= 0.3 is 6.09 Å². The first-order valence-electron chi connectivity index (χ1n) is 6.96. The van der Waals surface area contributed by atoms with Gasteiger partial charge < -0.3 is 14.8 Å². The minimum atomic E-state index is -1.05. The molecule has 5 heteroatoms. The van der Waals surface area contributed by atoms with Crippen LogP contribution in [0.4, 0.5) is 4.79 Å². The number of benzene rings is 1. The SMILES string of the molecule is CC(C=O)(Cc1ccccn1)NC(=O)OCc1ccccc1. The van der Waals surface area contributed by atoms with E-state index < -0.39 is 11.6 Å². The quantitative estimate of drug-likeness (QED) is 0.832. The van der Waals surface area contributed by atoms with Gasteiger partial charge in [-0.1, -0.05) is 36.4 Å². The molecule has 2 aromatic rings. The highest BCUT2D eigenvalue weighted by Gasteiger charge is 2.27. The van der Waals surface area contributed by atoms with Crippen LogP contribution < -0.4 is 5.32 Å². The standard InChI is InChI=1S/C17H18N2O3/c1-17(13-20,11-15-9-5-6-10-18-15)19-16(21)22-12-14-7-3-2-4-8-14/h2-10,13H,11-12H2,1H3,(H,19,21). The number of hydrogen-bond donors (Lipinski definition) is 1. The van der Waals surface area contributed by atoms with Crippen LogP contribution in [0.15, 0.2) is 54.7 Å². The topological polar surface area (TPSA) is 68.3 Å². The molecule has 0 spiro atoms. The van der Waals surface area contributed by atoms with Gasteiger partial charge in [-0.25, -0.2) is 4.79 Å². The smallest absolute Gasteiger partial charge is 0.408 e. The van der Waals surface area contributed by atoms with Gasteiger partial charge in [0.25, 0.3) is 0 Å². The van der Waals surface area contributed by atoms with Crippen molar-refractivity contribution in [2.45, 2.75) is 25.5 Å². The first kappa shape index (κ1) is 15.7. The lowest BCUT2D eigenvalue weighted by Gasteiger charge is -2.23. The van der Waals surface area contributed by atoms with Gasteiger partial charge in [0.2, 0.25) is 0 Å². The van der Waals surface area contributed by atoms with E-state index in [1.165, 1.54) is 0 Å². The predicted molar refractivity (Wildman–Crippen MR) is 82.2 cm³/mol. The van der Waals surface area contributed by atoms with E-state index in [9.17, 15) is 9.59 Å². The number of aromatic nitrogens is 1. The Bertz CT molecular complexity index is 616. The first-order chi connectivity index (χ1) is 10.6. The lowest BCUT2D eigenvalue weighted by molar-refractivity contribution is -0.112. The summed E-state index contributed by atoms with van der Waals surface area (Å²) < 4.78 is 5.13. The van der Waals surface area contributed by atoms with Crippen LogP contribution in [0.25, 0.3) is 0 Å². The Kier molecular flexibility index (Phi) is 5.25. The Hall–Kier alpha value is -2.69. The maximum absolute atomic E-state index is 11.9. The van der Waals surface area contributed by atoms with Gasteiger partial charge in [-0.2, -0.15) is 0 Å². The molecule has 1 amide bonds. The number of carbonyl (C=O) groups excluding carboxylic acids is 2. The zero-order valence-corrected chi connectivity index (χ0v) is 12.4. The number of aldehydes is 1. The average Bonchev–Trinajstić information content (AvgIpc) is 2.55. The van der Waals surface area contributed by atoms with E-state index in [1.54, 1.807) is 25.3 Å². The van der Waals surface area contributed by atoms with Crippen LogP contribution in [-0.2, 0) is 22.6 Å². The number of amides is 1. The summed E-state index contributed by atoms with van der Waals surface area (Å²) >= 11 is 0. The zero-order chi connectivity index (χ0) is 15.8. The molecule has 1 atom stereocenters. The number of hydrogen-bond acceptors (Lipinski definition) is 4. The molecule has 5 nitrogen and oxygen atoms in total. The third kappa shape index (κ3) is 4.70. The third-order valence-electron chi connectivity index (χ3n) is 3.13. The number of ether oxygens (including phenoxy) is 1. The van der Waals surface area contributed by atoms with E-state index >= 15 is 0 Å². The second-order valence-corrected chi connectivity index (χ2v) is 5.22. The van der Waals surface area contributed by atoms with Gasteiger partial charge in [-0.15, -0.1) is 0 Å². The lowest BCUT2D eigenvalue weighted by atomic mass is 9.97. The third-order valence-corrected chi connectivity index (χ3v) is 3.13. The molecule has 1 heterocycles.